The molecule has 4 aliphatic heterocycles. The van der Waals surface area contributed by atoms with E-state index in [1.165, 1.54) is 18.4 Å². The number of fused-ring (bicyclic) bond motifs is 2. The van der Waals surface area contributed by atoms with Crippen LogP contribution in [0.5, 0.6) is 5.75 Å². The predicted octanol–water partition coefficient (Wildman–Crippen LogP) is 2.82. The summed E-state index contributed by atoms with van der Waals surface area (Å²) in [7, 11) is 1.67. The van der Waals surface area contributed by atoms with Gasteiger partial charge in [-0.05, 0) is 69.3 Å². The summed E-state index contributed by atoms with van der Waals surface area (Å²) in [6.45, 7) is 7.35. The molecule has 11 heteroatoms. The van der Waals surface area contributed by atoms with Gasteiger partial charge in [-0.2, -0.15) is 0 Å². The molecule has 6 aliphatic rings. The van der Waals surface area contributed by atoms with Gasteiger partial charge in [0.05, 0.1) is 43.0 Å². The van der Waals surface area contributed by atoms with Crippen LogP contribution in [0.25, 0.3) is 0 Å². The summed E-state index contributed by atoms with van der Waals surface area (Å²) in [5, 5.41) is 3.00. The molecule has 1 aromatic rings. The van der Waals surface area contributed by atoms with E-state index in [4.69, 9.17) is 21.1 Å². The topological polar surface area (TPSA) is 77.6 Å². The van der Waals surface area contributed by atoms with E-state index in [1.807, 2.05) is 12.1 Å². The Hall–Kier alpha value is -2.24. The summed E-state index contributed by atoms with van der Waals surface area (Å²) in [5.41, 5.74) is 1.39. The van der Waals surface area contributed by atoms with Crippen molar-refractivity contribution in [1.29, 1.82) is 0 Å². The van der Waals surface area contributed by atoms with Gasteiger partial charge in [0.15, 0.2) is 5.78 Å². The SMILES string of the molecule is COc1ccc(CN2CCN(C3C(F)CC4C(=O)C(C(=O)NCCN5CCCC5)=CN5C6CCC(Cl)CC6OC3C45)CC2)cc1. The van der Waals surface area contributed by atoms with Crippen molar-refractivity contribution in [3.05, 3.63) is 41.6 Å². The van der Waals surface area contributed by atoms with Gasteiger partial charge in [0.25, 0.3) is 5.91 Å². The summed E-state index contributed by atoms with van der Waals surface area (Å²) >= 11 is 6.64. The van der Waals surface area contributed by atoms with E-state index in [0.717, 1.165) is 70.9 Å². The zero-order chi connectivity index (χ0) is 31.1. The lowest BCUT2D eigenvalue weighted by atomic mass is 9.69. The molecular weight excluding hydrogens is 597 g/mol. The number of carbonyl (C=O) groups is 2. The molecule has 0 aromatic heterocycles. The van der Waals surface area contributed by atoms with E-state index >= 15 is 4.39 Å². The number of nitrogens with zero attached hydrogens (tertiary/aromatic N) is 4. The Bertz CT molecular complexity index is 1250. The summed E-state index contributed by atoms with van der Waals surface area (Å²) in [6.07, 6.45) is 4.83. The maximum atomic E-state index is 16.4. The highest BCUT2D eigenvalue weighted by Crippen LogP contribution is 2.47. The minimum Gasteiger partial charge on any atom is -0.497 e. The van der Waals surface area contributed by atoms with Crippen LogP contribution < -0.4 is 10.1 Å². The van der Waals surface area contributed by atoms with Gasteiger partial charge in [-0.1, -0.05) is 12.1 Å². The van der Waals surface area contributed by atoms with Crippen molar-refractivity contribution < 1.29 is 23.5 Å². The van der Waals surface area contributed by atoms with Crippen molar-refractivity contribution in [3.63, 3.8) is 0 Å². The van der Waals surface area contributed by atoms with Crippen molar-refractivity contribution in [3.8, 4) is 5.75 Å². The lowest BCUT2D eigenvalue weighted by Crippen LogP contribution is -2.74. The molecular formula is C34H47ClFN5O4. The van der Waals surface area contributed by atoms with E-state index < -0.39 is 24.2 Å². The molecule has 8 atom stereocenters. The third kappa shape index (κ3) is 6.38. The highest BCUT2D eigenvalue weighted by Gasteiger charge is 2.60. The minimum atomic E-state index is -1.22. The fourth-order valence-corrected chi connectivity index (χ4v) is 9.07. The zero-order valence-corrected chi connectivity index (χ0v) is 27.0. The Morgan fingerprint density at radius 3 is 2.51 bits per heavy atom. The van der Waals surface area contributed by atoms with Gasteiger partial charge in [-0.15, -0.1) is 11.6 Å². The number of nitrogens with one attached hydrogen (secondary N) is 1. The summed E-state index contributed by atoms with van der Waals surface area (Å²) in [4.78, 5) is 36.6. The van der Waals surface area contributed by atoms with Crippen LogP contribution in [0.3, 0.4) is 0 Å². The molecule has 5 fully saturated rings. The second-order valence-corrected chi connectivity index (χ2v) is 14.4. The average molecular weight is 644 g/mol. The quantitative estimate of drug-likeness (QED) is 0.343. The maximum Gasteiger partial charge on any atom is 0.256 e. The maximum absolute atomic E-state index is 16.4. The van der Waals surface area contributed by atoms with Gasteiger partial charge in [0, 0.05) is 63.3 Å². The number of methoxy groups -OCH3 is 1. The number of amides is 1. The largest absolute Gasteiger partial charge is 0.497 e. The second-order valence-electron chi connectivity index (χ2n) is 13.8. The molecule has 3 saturated heterocycles. The first-order chi connectivity index (χ1) is 21.9. The number of hydrogen-bond acceptors (Lipinski definition) is 8. The van der Waals surface area contributed by atoms with Gasteiger partial charge in [0.1, 0.15) is 11.9 Å². The second kappa shape index (κ2) is 13.5. The number of hydrogen-bond donors (Lipinski definition) is 1. The first-order valence-corrected chi connectivity index (χ1v) is 17.4. The van der Waals surface area contributed by atoms with Gasteiger partial charge >= 0.3 is 0 Å². The van der Waals surface area contributed by atoms with Gasteiger partial charge in [-0.25, -0.2) is 4.39 Å². The number of halogens is 2. The van der Waals surface area contributed by atoms with E-state index in [9.17, 15) is 9.59 Å². The van der Waals surface area contributed by atoms with Crippen LogP contribution >= 0.6 is 11.6 Å². The van der Waals surface area contributed by atoms with E-state index in [-0.39, 0.29) is 47.2 Å². The van der Waals surface area contributed by atoms with E-state index in [0.29, 0.717) is 13.0 Å². The molecule has 2 aliphatic carbocycles. The Morgan fingerprint density at radius 2 is 1.78 bits per heavy atom. The fourth-order valence-electron chi connectivity index (χ4n) is 8.77. The number of Topliss-reactive ketones (excluding diaryl/α,β-unsaturated/α-hetero) is 1. The van der Waals surface area contributed by atoms with Crippen LogP contribution in [0.2, 0.25) is 0 Å². The Balaban J connectivity index is 1.07. The normalized spacial score (nSPS) is 35.8. The summed E-state index contributed by atoms with van der Waals surface area (Å²) in [5.74, 6) is -0.333. The lowest BCUT2D eigenvalue weighted by molar-refractivity contribution is -0.212. The first kappa shape index (κ1) is 31.4. The number of likely N-dealkylation sites (tertiary alicyclic amines) is 1. The smallest absolute Gasteiger partial charge is 0.256 e. The summed E-state index contributed by atoms with van der Waals surface area (Å²) in [6, 6.07) is 7.47. The number of ether oxygens (including phenoxy) is 2. The Morgan fingerprint density at radius 1 is 1.02 bits per heavy atom. The predicted molar refractivity (Wildman–Crippen MR) is 170 cm³/mol. The van der Waals surface area contributed by atoms with Gasteiger partial charge in [-0.3, -0.25) is 19.4 Å². The summed E-state index contributed by atoms with van der Waals surface area (Å²) < 4.78 is 28.5. The van der Waals surface area contributed by atoms with Crippen molar-refractivity contribution in [2.24, 2.45) is 5.92 Å². The number of rotatable bonds is 8. The number of ketones is 1. The number of carbonyl (C=O) groups excluding carboxylic acids is 2. The van der Waals surface area contributed by atoms with E-state index in [2.05, 4.69) is 37.0 Å². The van der Waals surface area contributed by atoms with Crippen LogP contribution in [-0.2, 0) is 20.9 Å². The van der Waals surface area contributed by atoms with E-state index in [1.54, 1.807) is 13.3 Å². The molecule has 4 heterocycles. The number of alkyl halides is 2. The molecule has 9 nitrogen and oxygen atoms in total. The lowest BCUT2D eigenvalue weighted by Gasteiger charge is -2.61. The monoisotopic (exact) mass is 643 g/mol. The van der Waals surface area contributed by atoms with Crippen molar-refractivity contribution in [2.45, 2.75) is 87.0 Å². The van der Waals surface area contributed by atoms with Crippen LogP contribution in [-0.4, -0.2) is 133 Å². The van der Waals surface area contributed by atoms with Crippen LogP contribution in [0, 0.1) is 5.92 Å². The highest BCUT2D eigenvalue weighted by molar-refractivity contribution is 6.21. The van der Waals surface area contributed by atoms with Crippen molar-refractivity contribution >= 4 is 23.3 Å². The molecule has 1 N–H and O–H groups in total. The molecule has 0 bridgehead atoms. The number of piperazine rings is 1. The first-order valence-electron chi connectivity index (χ1n) is 17.0. The Kier molecular flexibility index (Phi) is 9.39. The Labute approximate surface area is 271 Å². The third-order valence-electron chi connectivity index (χ3n) is 11.1. The molecule has 1 aromatic carbocycles. The molecule has 7 rings (SSSR count). The van der Waals surface area contributed by atoms with Crippen LogP contribution in [0.1, 0.15) is 44.1 Å². The minimum absolute atomic E-state index is 0.00655. The molecule has 8 unspecified atom stereocenters. The molecule has 45 heavy (non-hydrogen) atoms. The van der Waals surface area contributed by atoms with Gasteiger partial charge < -0.3 is 24.6 Å². The van der Waals surface area contributed by atoms with Crippen molar-refractivity contribution in [2.75, 3.05) is 59.5 Å². The molecule has 0 spiro atoms. The zero-order valence-electron chi connectivity index (χ0n) is 26.3. The standard InChI is InChI=1S/C34H47ClFN5O4/c1-44-24-7-4-22(5-8-24)20-39-14-16-40(17-15-39)31-27(36)19-25-30-33(31)45-29-18-23(35)6-9-28(29)41(30)21-26(32(25)42)34(43)37-10-13-38-11-2-3-12-38/h4-5,7-8,21,23,25,27-31,33H,2-3,6,9-20H2,1H3,(H,37,43). The third-order valence-corrected chi connectivity index (χ3v) is 11.5. The highest BCUT2D eigenvalue weighted by atomic mass is 35.5. The van der Waals surface area contributed by atoms with Crippen LogP contribution in [0.15, 0.2) is 36.0 Å². The molecule has 0 radical (unpaired) electrons. The molecule has 1 amide bonds. The van der Waals surface area contributed by atoms with Crippen LogP contribution in [0.4, 0.5) is 4.39 Å². The number of morpholine rings is 1. The van der Waals surface area contributed by atoms with Gasteiger partial charge in [0.2, 0.25) is 0 Å². The molecule has 2 saturated carbocycles. The number of benzene rings is 1. The average Bonchev–Trinajstić information content (AvgIpc) is 3.56. The van der Waals surface area contributed by atoms with Crippen molar-refractivity contribution in [1.82, 2.24) is 24.9 Å². The fraction of sp³-hybridized carbons (Fsp3) is 0.706. The molecule has 246 valence electrons.